The summed E-state index contributed by atoms with van der Waals surface area (Å²) in [6.07, 6.45) is 8.28. The molecule has 0 rings (SSSR count). The molecule has 0 N–H and O–H groups in total. The van der Waals surface area contributed by atoms with E-state index in [1.807, 2.05) is 0 Å². The molecule has 0 bridgehead atoms. The molecule has 0 aliphatic carbocycles. The first kappa shape index (κ1) is 8.47. The molecule has 0 aromatic heterocycles. The quantitative estimate of drug-likeness (QED) is 0.391. The highest BCUT2D eigenvalue weighted by Gasteiger charge is 1.72. The Morgan fingerprint density at radius 3 is 2.38 bits per heavy atom. The summed E-state index contributed by atoms with van der Waals surface area (Å²) >= 11 is 2.39. The Bertz CT molecular complexity index is 49.4. The third kappa shape index (κ3) is 6.47. The van der Waals surface area contributed by atoms with Gasteiger partial charge in [0, 0.05) is 4.43 Å². The third-order valence-corrected chi connectivity index (χ3v) is 1.52. The van der Waals surface area contributed by atoms with E-state index >= 15 is 0 Å². The van der Waals surface area contributed by atoms with Gasteiger partial charge in [-0.25, -0.2) is 0 Å². The molecule has 0 aliphatic rings. The Morgan fingerprint density at radius 1 is 1.25 bits per heavy atom. The molecular weight excluding hydrogens is 211 g/mol. The lowest BCUT2D eigenvalue weighted by molar-refractivity contribution is 0.953. The summed E-state index contributed by atoms with van der Waals surface area (Å²) in [5.41, 5.74) is 0. The SMILES string of the molecule is CCCC=CCCI. The summed E-state index contributed by atoms with van der Waals surface area (Å²) in [6, 6.07) is 0. The molecule has 1 heteroatoms. The smallest absolute Gasteiger partial charge is 0.00299 e. The molecule has 0 radical (unpaired) electrons. The summed E-state index contributed by atoms with van der Waals surface area (Å²) in [6.45, 7) is 2.20. The van der Waals surface area contributed by atoms with Gasteiger partial charge in [-0.3, -0.25) is 0 Å². The molecule has 0 fully saturated rings. The van der Waals surface area contributed by atoms with Crippen LogP contribution in [0.15, 0.2) is 12.2 Å². The normalized spacial score (nSPS) is 10.8. The van der Waals surface area contributed by atoms with Gasteiger partial charge >= 0.3 is 0 Å². The van der Waals surface area contributed by atoms with Crippen molar-refractivity contribution in [1.82, 2.24) is 0 Å². The molecule has 0 aromatic rings. The van der Waals surface area contributed by atoms with Gasteiger partial charge in [0.05, 0.1) is 0 Å². The lowest BCUT2D eigenvalue weighted by Crippen LogP contribution is -1.65. The summed E-state index contributed by atoms with van der Waals surface area (Å²) in [7, 11) is 0. The first-order valence-corrected chi connectivity index (χ1v) is 4.65. The highest BCUT2D eigenvalue weighted by atomic mass is 127. The van der Waals surface area contributed by atoms with Crippen LogP contribution < -0.4 is 0 Å². The van der Waals surface area contributed by atoms with Crippen molar-refractivity contribution in [1.29, 1.82) is 0 Å². The van der Waals surface area contributed by atoms with Crippen molar-refractivity contribution >= 4 is 22.6 Å². The fraction of sp³-hybridized carbons (Fsp3) is 0.714. The largest absolute Gasteiger partial charge is 0.0885 e. The van der Waals surface area contributed by atoms with Gasteiger partial charge in [0.1, 0.15) is 0 Å². The number of allylic oxidation sites excluding steroid dienone is 2. The molecule has 0 amide bonds. The molecule has 8 heavy (non-hydrogen) atoms. The van der Waals surface area contributed by atoms with Crippen LogP contribution in [0.25, 0.3) is 0 Å². The maximum absolute atomic E-state index is 2.39. The van der Waals surface area contributed by atoms with Gasteiger partial charge < -0.3 is 0 Å². The number of rotatable bonds is 4. The molecule has 0 unspecified atom stereocenters. The maximum Gasteiger partial charge on any atom is 0.00299 e. The van der Waals surface area contributed by atoms with Crippen LogP contribution in [0, 0.1) is 0 Å². The first-order valence-electron chi connectivity index (χ1n) is 3.12. The lowest BCUT2D eigenvalue weighted by atomic mass is 10.3. The molecule has 0 spiro atoms. The average Bonchev–Trinajstić information content (AvgIpc) is 1.81. The second kappa shape index (κ2) is 7.47. The highest BCUT2D eigenvalue weighted by molar-refractivity contribution is 14.1. The van der Waals surface area contributed by atoms with Gasteiger partial charge in [-0.05, 0) is 12.8 Å². The van der Waals surface area contributed by atoms with E-state index < -0.39 is 0 Å². The van der Waals surface area contributed by atoms with Crippen LogP contribution in [0.5, 0.6) is 0 Å². The predicted molar refractivity (Wildman–Crippen MR) is 47.6 cm³/mol. The Kier molecular flexibility index (Phi) is 7.91. The number of alkyl halides is 1. The minimum Gasteiger partial charge on any atom is -0.0885 e. The van der Waals surface area contributed by atoms with E-state index in [9.17, 15) is 0 Å². The van der Waals surface area contributed by atoms with Crippen LogP contribution in [0.4, 0.5) is 0 Å². The summed E-state index contributed by atoms with van der Waals surface area (Å²) < 4.78 is 1.25. The zero-order valence-electron chi connectivity index (χ0n) is 5.36. The summed E-state index contributed by atoms with van der Waals surface area (Å²) in [5, 5.41) is 0. The van der Waals surface area contributed by atoms with Crippen LogP contribution in [0.3, 0.4) is 0 Å². The van der Waals surface area contributed by atoms with Crippen molar-refractivity contribution < 1.29 is 0 Å². The number of hydrogen-bond donors (Lipinski definition) is 0. The van der Waals surface area contributed by atoms with E-state index in [0.29, 0.717) is 0 Å². The molecule has 0 atom stereocenters. The minimum atomic E-state index is 1.24. The van der Waals surface area contributed by atoms with E-state index in [0.717, 1.165) is 0 Å². The van der Waals surface area contributed by atoms with E-state index in [1.165, 1.54) is 23.7 Å². The Balaban J connectivity index is 2.83. The molecular formula is C7H13I. The fourth-order valence-electron chi connectivity index (χ4n) is 0.465. The zero-order valence-corrected chi connectivity index (χ0v) is 7.52. The standard InChI is InChI=1S/C7H13I/c1-2-3-4-5-6-7-8/h4-5H,2-3,6-7H2,1H3. The molecule has 0 aliphatic heterocycles. The molecule has 0 nitrogen and oxygen atoms in total. The van der Waals surface area contributed by atoms with Gasteiger partial charge in [0.25, 0.3) is 0 Å². The second-order valence-corrected chi connectivity index (χ2v) is 2.82. The van der Waals surface area contributed by atoms with Gasteiger partial charge in [-0.2, -0.15) is 0 Å². The van der Waals surface area contributed by atoms with Gasteiger partial charge in [-0.1, -0.05) is 48.1 Å². The van der Waals surface area contributed by atoms with Crippen molar-refractivity contribution in [2.24, 2.45) is 0 Å². The van der Waals surface area contributed by atoms with Crippen LogP contribution >= 0.6 is 22.6 Å². The second-order valence-electron chi connectivity index (χ2n) is 1.74. The molecule has 0 saturated carbocycles. The molecule has 0 heterocycles. The molecule has 48 valence electrons. The summed E-state index contributed by atoms with van der Waals surface area (Å²) in [5.74, 6) is 0. The highest BCUT2D eigenvalue weighted by Crippen LogP contribution is 1.93. The van der Waals surface area contributed by atoms with E-state index in [-0.39, 0.29) is 0 Å². The zero-order chi connectivity index (χ0) is 6.24. The topological polar surface area (TPSA) is 0 Å². The average molecular weight is 224 g/mol. The molecule has 0 saturated heterocycles. The lowest BCUT2D eigenvalue weighted by Gasteiger charge is -1.82. The van der Waals surface area contributed by atoms with Crippen LogP contribution in [-0.4, -0.2) is 4.43 Å². The Labute approximate surface area is 65.5 Å². The maximum atomic E-state index is 2.39. The first-order chi connectivity index (χ1) is 3.91. The fourth-order valence-corrected chi connectivity index (χ4v) is 0.825. The Hall–Kier alpha value is 0.470. The van der Waals surface area contributed by atoms with Crippen LogP contribution in [0.1, 0.15) is 26.2 Å². The van der Waals surface area contributed by atoms with E-state index in [2.05, 4.69) is 41.7 Å². The van der Waals surface area contributed by atoms with Crippen molar-refractivity contribution in [3.05, 3.63) is 12.2 Å². The van der Waals surface area contributed by atoms with Crippen molar-refractivity contribution in [2.75, 3.05) is 4.43 Å². The van der Waals surface area contributed by atoms with Crippen LogP contribution in [0.2, 0.25) is 0 Å². The minimum absolute atomic E-state index is 1.24. The van der Waals surface area contributed by atoms with Crippen LogP contribution in [-0.2, 0) is 0 Å². The monoisotopic (exact) mass is 224 g/mol. The predicted octanol–water partition coefficient (Wildman–Crippen LogP) is 3.17. The van der Waals surface area contributed by atoms with Gasteiger partial charge in [0.2, 0.25) is 0 Å². The van der Waals surface area contributed by atoms with Crippen molar-refractivity contribution in [3.63, 3.8) is 0 Å². The van der Waals surface area contributed by atoms with Crippen molar-refractivity contribution in [3.8, 4) is 0 Å². The van der Waals surface area contributed by atoms with Gasteiger partial charge in [0.15, 0.2) is 0 Å². The number of hydrogen-bond acceptors (Lipinski definition) is 0. The number of halogens is 1. The number of unbranched alkanes of at least 4 members (excludes halogenated alkanes) is 1. The van der Waals surface area contributed by atoms with E-state index in [1.54, 1.807) is 0 Å². The third-order valence-electron chi connectivity index (χ3n) is 0.898. The van der Waals surface area contributed by atoms with Gasteiger partial charge in [-0.15, -0.1) is 0 Å². The summed E-state index contributed by atoms with van der Waals surface area (Å²) in [4.78, 5) is 0. The molecule has 0 aromatic carbocycles. The Morgan fingerprint density at radius 2 is 1.88 bits per heavy atom. The van der Waals surface area contributed by atoms with Crippen molar-refractivity contribution in [2.45, 2.75) is 26.2 Å². The van der Waals surface area contributed by atoms with E-state index in [4.69, 9.17) is 0 Å².